The number of aliphatic carboxylic acids is 1. The summed E-state index contributed by atoms with van der Waals surface area (Å²) in [6, 6.07) is 0. The molecule has 0 radical (unpaired) electrons. The standard InChI is InChI=1S/C4H4N2O9S2/c7-2-1(3(8)9)4(6-5-2,16(10,11)12)17(13,14)15/h1H,(H,8,9)(H,10,11,12)(H,13,14,15). The molecule has 11 nitrogen and oxygen atoms in total. The topological polar surface area (TPSA) is 188 Å². The molecule has 0 saturated carbocycles. The van der Waals surface area contributed by atoms with Crippen LogP contribution in [0, 0.1) is 5.92 Å². The zero-order valence-electron chi connectivity index (χ0n) is 7.58. The summed E-state index contributed by atoms with van der Waals surface area (Å²) in [6.07, 6.45) is 0. The summed E-state index contributed by atoms with van der Waals surface area (Å²) in [6.45, 7) is 0. The Labute approximate surface area is 93.6 Å². The smallest absolute Gasteiger partial charge is 0.352 e. The number of carboxylic acid groups (broad SMARTS) is 1. The molecule has 1 aliphatic heterocycles. The second-order valence-corrected chi connectivity index (χ2v) is 6.29. The molecule has 0 aromatic heterocycles. The molecule has 1 rings (SSSR count). The number of hydrogen-bond donors (Lipinski definition) is 3. The molecule has 0 saturated heterocycles. The maximum absolute atomic E-state index is 10.9. The summed E-state index contributed by atoms with van der Waals surface area (Å²) < 4.78 is 57.1. The first-order chi connectivity index (χ1) is 7.45. The van der Waals surface area contributed by atoms with E-state index in [1.54, 1.807) is 0 Å². The Kier molecular flexibility index (Phi) is 2.82. The highest BCUT2D eigenvalue weighted by Gasteiger charge is 2.70. The van der Waals surface area contributed by atoms with Gasteiger partial charge in [-0.2, -0.15) is 16.8 Å². The first-order valence-electron chi connectivity index (χ1n) is 3.59. The van der Waals surface area contributed by atoms with Crippen molar-refractivity contribution in [2.24, 2.45) is 16.1 Å². The zero-order chi connectivity index (χ0) is 13.6. The van der Waals surface area contributed by atoms with Crippen LogP contribution in [-0.4, -0.2) is 47.1 Å². The van der Waals surface area contributed by atoms with Crippen LogP contribution in [0.5, 0.6) is 0 Å². The van der Waals surface area contributed by atoms with Crippen LogP contribution in [0.3, 0.4) is 0 Å². The Balaban J connectivity index is 3.75. The summed E-state index contributed by atoms with van der Waals surface area (Å²) in [5, 5.41) is 13.4. The number of carboxylic acids is 1. The molecule has 96 valence electrons. The molecule has 1 heterocycles. The predicted octanol–water partition coefficient (Wildman–Crippen LogP) is -1.89. The lowest BCUT2D eigenvalue weighted by molar-refractivity contribution is -0.145. The Hall–Kier alpha value is -1.44. The van der Waals surface area contributed by atoms with E-state index in [0.29, 0.717) is 0 Å². The second-order valence-electron chi connectivity index (χ2n) is 2.89. The van der Waals surface area contributed by atoms with E-state index in [9.17, 15) is 26.4 Å². The van der Waals surface area contributed by atoms with Crippen LogP contribution in [0.15, 0.2) is 10.2 Å². The van der Waals surface area contributed by atoms with Gasteiger partial charge in [-0.3, -0.25) is 18.7 Å². The number of rotatable bonds is 3. The molecule has 1 atom stereocenters. The van der Waals surface area contributed by atoms with E-state index in [-0.39, 0.29) is 0 Å². The maximum Gasteiger partial charge on any atom is 0.352 e. The minimum Gasteiger partial charge on any atom is -0.481 e. The molecule has 0 fully saturated rings. The molecule has 0 aromatic carbocycles. The van der Waals surface area contributed by atoms with Gasteiger partial charge in [-0.25, -0.2) is 0 Å². The molecule has 1 amide bonds. The minimum absolute atomic E-state index is 1.73. The lowest BCUT2D eigenvalue weighted by Gasteiger charge is -2.20. The SMILES string of the molecule is O=C(O)C1C(=O)N=NC1(S(=O)(=O)O)S(=O)(=O)O. The summed E-state index contributed by atoms with van der Waals surface area (Å²) in [5.41, 5.74) is 0. The van der Waals surface area contributed by atoms with E-state index in [1.807, 2.05) is 0 Å². The molecule has 3 N–H and O–H groups in total. The third-order valence-electron chi connectivity index (χ3n) is 1.89. The van der Waals surface area contributed by atoms with Crippen molar-refractivity contribution in [1.29, 1.82) is 0 Å². The fourth-order valence-corrected chi connectivity index (χ4v) is 3.54. The largest absolute Gasteiger partial charge is 0.481 e. The average Bonchev–Trinajstić information content (AvgIpc) is 2.40. The first kappa shape index (κ1) is 13.6. The van der Waals surface area contributed by atoms with Crippen LogP contribution in [0.4, 0.5) is 0 Å². The Bertz CT molecular complexity index is 581. The highest BCUT2D eigenvalue weighted by atomic mass is 32.3. The van der Waals surface area contributed by atoms with Crippen LogP contribution < -0.4 is 0 Å². The van der Waals surface area contributed by atoms with Crippen molar-refractivity contribution in [2.75, 3.05) is 0 Å². The van der Waals surface area contributed by atoms with Gasteiger partial charge < -0.3 is 5.11 Å². The quantitative estimate of drug-likeness (QED) is 0.393. The van der Waals surface area contributed by atoms with Crippen molar-refractivity contribution >= 4 is 32.1 Å². The molecule has 1 aliphatic rings. The van der Waals surface area contributed by atoms with Crippen molar-refractivity contribution in [2.45, 2.75) is 4.20 Å². The lowest BCUT2D eigenvalue weighted by Crippen LogP contribution is -2.52. The summed E-state index contributed by atoms with van der Waals surface area (Å²) in [7, 11) is -11.5. The molecular formula is C4H4N2O9S2. The van der Waals surface area contributed by atoms with E-state index in [1.165, 1.54) is 0 Å². The number of carbonyl (C=O) groups is 2. The van der Waals surface area contributed by atoms with E-state index in [2.05, 4.69) is 10.2 Å². The van der Waals surface area contributed by atoms with Gasteiger partial charge in [0.05, 0.1) is 0 Å². The highest BCUT2D eigenvalue weighted by molar-refractivity contribution is 8.05. The van der Waals surface area contributed by atoms with E-state index < -0.39 is 42.2 Å². The number of azo groups is 1. The van der Waals surface area contributed by atoms with Crippen LogP contribution in [0.25, 0.3) is 0 Å². The van der Waals surface area contributed by atoms with Crippen molar-refractivity contribution < 1.29 is 40.6 Å². The number of hydrogen-bond acceptors (Lipinski definition) is 7. The lowest BCUT2D eigenvalue weighted by atomic mass is 10.1. The summed E-state index contributed by atoms with van der Waals surface area (Å²) >= 11 is 0. The molecule has 13 heteroatoms. The van der Waals surface area contributed by atoms with Gasteiger partial charge in [0.1, 0.15) is 0 Å². The highest BCUT2D eigenvalue weighted by Crippen LogP contribution is 2.39. The van der Waals surface area contributed by atoms with Crippen LogP contribution in [-0.2, 0) is 29.8 Å². The molecule has 0 aliphatic carbocycles. The van der Waals surface area contributed by atoms with E-state index >= 15 is 0 Å². The van der Waals surface area contributed by atoms with Crippen LogP contribution in [0.1, 0.15) is 0 Å². The fraction of sp³-hybridized carbons (Fsp3) is 0.500. The van der Waals surface area contributed by atoms with Gasteiger partial charge in [-0.05, 0) is 0 Å². The number of amides is 1. The Morgan fingerprint density at radius 3 is 1.82 bits per heavy atom. The normalized spacial score (nSPS) is 23.9. The average molecular weight is 288 g/mol. The molecule has 0 bridgehead atoms. The molecule has 1 unspecified atom stereocenters. The minimum atomic E-state index is -5.75. The van der Waals surface area contributed by atoms with E-state index in [4.69, 9.17) is 14.2 Å². The van der Waals surface area contributed by atoms with Gasteiger partial charge >= 0.3 is 30.4 Å². The Morgan fingerprint density at radius 2 is 1.59 bits per heavy atom. The van der Waals surface area contributed by atoms with Gasteiger partial charge in [-0.15, -0.1) is 10.2 Å². The van der Waals surface area contributed by atoms with Crippen LogP contribution in [0.2, 0.25) is 0 Å². The molecule has 0 aromatic rings. The van der Waals surface area contributed by atoms with Gasteiger partial charge in [0.15, 0.2) is 5.92 Å². The first-order valence-corrected chi connectivity index (χ1v) is 6.47. The van der Waals surface area contributed by atoms with Gasteiger partial charge in [0.25, 0.3) is 5.91 Å². The fourth-order valence-electron chi connectivity index (χ4n) is 1.19. The number of carbonyl (C=O) groups excluding carboxylic acids is 1. The van der Waals surface area contributed by atoms with Crippen molar-refractivity contribution in [3.63, 3.8) is 0 Å². The zero-order valence-corrected chi connectivity index (χ0v) is 9.21. The molecule has 17 heavy (non-hydrogen) atoms. The van der Waals surface area contributed by atoms with Crippen molar-refractivity contribution in [3.05, 3.63) is 0 Å². The monoisotopic (exact) mass is 288 g/mol. The van der Waals surface area contributed by atoms with Crippen molar-refractivity contribution in [3.8, 4) is 0 Å². The van der Waals surface area contributed by atoms with E-state index in [0.717, 1.165) is 0 Å². The summed E-state index contributed by atoms with van der Waals surface area (Å²) in [4.78, 5) is 21.6. The molecule has 0 spiro atoms. The van der Waals surface area contributed by atoms with Gasteiger partial charge in [0.2, 0.25) is 0 Å². The molecular weight excluding hydrogens is 284 g/mol. The van der Waals surface area contributed by atoms with Gasteiger partial charge in [0, 0.05) is 0 Å². The Morgan fingerprint density at radius 1 is 1.18 bits per heavy atom. The van der Waals surface area contributed by atoms with Gasteiger partial charge in [-0.1, -0.05) is 0 Å². The third-order valence-corrected chi connectivity index (χ3v) is 5.26. The number of nitrogens with zero attached hydrogens (tertiary/aromatic N) is 2. The predicted molar refractivity (Wildman–Crippen MR) is 46.8 cm³/mol. The van der Waals surface area contributed by atoms with Crippen LogP contribution >= 0.6 is 0 Å². The maximum atomic E-state index is 10.9. The second kappa shape index (κ2) is 3.52. The third kappa shape index (κ3) is 1.72. The summed E-state index contributed by atoms with van der Waals surface area (Å²) in [5.74, 6) is -6.82. The van der Waals surface area contributed by atoms with Crippen molar-refractivity contribution in [1.82, 2.24) is 0 Å².